The number of benzene rings is 1. The van der Waals surface area contributed by atoms with Gasteiger partial charge in [0.1, 0.15) is 5.82 Å². The van der Waals surface area contributed by atoms with Crippen molar-refractivity contribution in [2.75, 3.05) is 6.54 Å². The Morgan fingerprint density at radius 2 is 1.96 bits per heavy atom. The zero-order chi connectivity index (χ0) is 18.6. The van der Waals surface area contributed by atoms with Gasteiger partial charge in [0.25, 0.3) is 5.91 Å². The number of rotatable bonds is 4. The molecule has 2 aromatic heterocycles. The molecule has 5 heteroatoms. The van der Waals surface area contributed by atoms with Crippen LogP contribution < -0.4 is 0 Å². The lowest BCUT2D eigenvalue weighted by atomic mass is 10.1. The van der Waals surface area contributed by atoms with Crippen LogP contribution in [0.3, 0.4) is 0 Å². The highest BCUT2D eigenvalue weighted by Crippen LogP contribution is 2.32. The Morgan fingerprint density at radius 3 is 2.74 bits per heavy atom. The summed E-state index contributed by atoms with van der Waals surface area (Å²) in [7, 11) is 0. The highest BCUT2D eigenvalue weighted by Gasteiger charge is 2.31. The van der Waals surface area contributed by atoms with Gasteiger partial charge in [-0.25, -0.2) is 4.39 Å². The number of hydrogen-bond acceptors (Lipinski definition) is 3. The molecule has 1 unspecified atom stereocenters. The van der Waals surface area contributed by atoms with Crippen molar-refractivity contribution in [3.63, 3.8) is 0 Å². The molecule has 0 bridgehead atoms. The van der Waals surface area contributed by atoms with Crippen LogP contribution >= 0.6 is 0 Å². The van der Waals surface area contributed by atoms with E-state index in [9.17, 15) is 9.18 Å². The minimum Gasteiger partial charge on any atom is -0.330 e. The molecule has 1 aliphatic rings. The predicted octanol–water partition coefficient (Wildman–Crippen LogP) is 4.18. The van der Waals surface area contributed by atoms with E-state index in [1.54, 1.807) is 36.7 Å². The third-order valence-electron chi connectivity index (χ3n) is 4.89. The van der Waals surface area contributed by atoms with Crippen molar-refractivity contribution >= 4 is 5.91 Å². The molecule has 4 rings (SSSR count). The van der Waals surface area contributed by atoms with E-state index in [1.165, 1.54) is 12.1 Å². The molecule has 0 N–H and O–H groups in total. The Kier molecular flexibility index (Phi) is 4.92. The van der Waals surface area contributed by atoms with Gasteiger partial charge in [-0.05, 0) is 54.8 Å². The molecule has 0 aliphatic carbocycles. The van der Waals surface area contributed by atoms with Gasteiger partial charge in [-0.1, -0.05) is 18.2 Å². The van der Waals surface area contributed by atoms with E-state index >= 15 is 0 Å². The van der Waals surface area contributed by atoms with Gasteiger partial charge in [-0.2, -0.15) is 0 Å². The molecule has 1 saturated heterocycles. The molecule has 4 nitrogen and oxygen atoms in total. The van der Waals surface area contributed by atoms with Crippen molar-refractivity contribution in [3.05, 3.63) is 95.3 Å². The summed E-state index contributed by atoms with van der Waals surface area (Å²) in [5.41, 5.74) is 3.44. The standard InChI is InChI=1S/C22H20FN3O/c23-18-10-8-16(9-11-18)14-19-5-1-6-20(25-19)21-7-3-13-26(21)22(27)17-4-2-12-24-15-17/h1-2,4-6,8-12,15,21H,3,7,13-14H2. The van der Waals surface area contributed by atoms with Crippen LogP contribution in [-0.2, 0) is 6.42 Å². The fraction of sp³-hybridized carbons (Fsp3) is 0.227. The van der Waals surface area contributed by atoms with Gasteiger partial charge in [-0.15, -0.1) is 0 Å². The summed E-state index contributed by atoms with van der Waals surface area (Å²) in [5.74, 6) is -0.243. The summed E-state index contributed by atoms with van der Waals surface area (Å²) in [4.78, 5) is 23.6. The Balaban J connectivity index is 1.55. The van der Waals surface area contributed by atoms with Gasteiger partial charge in [-0.3, -0.25) is 14.8 Å². The van der Waals surface area contributed by atoms with Crippen molar-refractivity contribution in [3.8, 4) is 0 Å². The first kappa shape index (κ1) is 17.3. The highest BCUT2D eigenvalue weighted by molar-refractivity contribution is 5.94. The molecule has 1 aromatic carbocycles. The second-order valence-electron chi connectivity index (χ2n) is 6.76. The molecule has 1 fully saturated rings. The topological polar surface area (TPSA) is 46.1 Å². The van der Waals surface area contributed by atoms with Crippen molar-refractivity contribution in [2.24, 2.45) is 0 Å². The summed E-state index contributed by atoms with van der Waals surface area (Å²) in [6.07, 6.45) is 5.77. The lowest BCUT2D eigenvalue weighted by molar-refractivity contribution is 0.0732. The average molecular weight is 361 g/mol. The van der Waals surface area contributed by atoms with Crippen LogP contribution in [0, 0.1) is 5.82 Å². The van der Waals surface area contributed by atoms with Gasteiger partial charge in [0.05, 0.1) is 17.3 Å². The van der Waals surface area contributed by atoms with E-state index in [0.717, 1.165) is 36.3 Å². The number of hydrogen-bond donors (Lipinski definition) is 0. The van der Waals surface area contributed by atoms with E-state index in [4.69, 9.17) is 4.98 Å². The summed E-state index contributed by atoms with van der Waals surface area (Å²) in [6.45, 7) is 0.724. The van der Waals surface area contributed by atoms with E-state index in [2.05, 4.69) is 4.98 Å². The number of nitrogens with zero attached hydrogens (tertiary/aromatic N) is 3. The molecule has 27 heavy (non-hydrogen) atoms. The van der Waals surface area contributed by atoms with Gasteiger partial charge in [0, 0.05) is 31.1 Å². The van der Waals surface area contributed by atoms with Crippen LogP contribution in [0.25, 0.3) is 0 Å². The Bertz CT molecular complexity index is 928. The number of amides is 1. The molecule has 3 heterocycles. The van der Waals surface area contributed by atoms with Gasteiger partial charge in [0.15, 0.2) is 0 Å². The number of aromatic nitrogens is 2. The first-order valence-corrected chi connectivity index (χ1v) is 9.12. The Hall–Kier alpha value is -3.08. The van der Waals surface area contributed by atoms with E-state index in [1.807, 2.05) is 23.1 Å². The van der Waals surface area contributed by atoms with Crippen molar-refractivity contribution in [2.45, 2.75) is 25.3 Å². The summed E-state index contributed by atoms with van der Waals surface area (Å²) in [5, 5.41) is 0. The molecule has 136 valence electrons. The largest absolute Gasteiger partial charge is 0.330 e. The quantitative estimate of drug-likeness (QED) is 0.700. The zero-order valence-corrected chi connectivity index (χ0v) is 14.9. The molecular formula is C22H20FN3O. The van der Waals surface area contributed by atoms with Crippen LogP contribution in [0.5, 0.6) is 0 Å². The minimum atomic E-state index is -0.240. The number of pyridine rings is 2. The summed E-state index contributed by atoms with van der Waals surface area (Å²) in [6, 6.07) is 16.0. The predicted molar refractivity (Wildman–Crippen MR) is 101 cm³/mol. The van der Waals surface area contributed by atoms with Gasteiger partial charge in [0.2, 0.25) is 0 Å². The third-order valence-corrected chi connectivity index (χ3v) is 4.89. The minimum absolute atomic E-state index is 0.00339. The first-order valence-electron chi connectivity index (χ1n) is 9.12. The molecule has 1 atom stereocenters. The molecule has 1 amide bonds. The van der Waals surface area contributed by atoms with Crippen molar-refractivity contribution in [1.82, 2.24) is 14.9 Å². The van der Waals surface area contributed by atoms with E-state index in [0.29, 0.717) is 12.0 Å². The fourth-order valence-electron chi connectivity index (χ4n) is 3.57. The second kappa shape index (κ2) is 7.66. The summed E-state index contributed by atoms with van der Waals surface area (Å²) >= 11 is 0. The Labute approximate surface area is 157 Å². The molecule has 0 spiro atoms. The highest BCUT2D eigenvalue weighted by atomic mass is 19.1. The number of carbonyl (C=O) groups is 1. The van der Waals surface area contributed by atoms with Crippen LogP contribution in [0.2, 0.25) is 0 Å². The van der Waals surface area contributed by atoms with Gasteiger partial charge >= 0.3 is 0 Å². The SMILES string of the molecule is O=C(c1cccnc1)N1CCCC1c1cccc(Cc2ccc(F)cc2)n1. The smallest absolute Gasteiger partial charge is 0.255 e. The van der Waals surface area contributed by atoms with Crippen LogP contribution in [0.15, 0.2) is 67.0 Å². The normalized spacial score (nSPS) is 16.5. The molecular weight excluding hydrogens is 341 g/mol. The maximum absolute atomic E-state index is 13.1. The number of halogens is 1. The molecule has 0 saturated carbocycles. The zero-order valence-electron chi connectivity index (χ0n) is 14.9. The van der Waals surface area contributed by atoms with Crippen LogP contribution in [-0.4, -0.2) is 27.3 Å². The van der Waals surface area contributed by atoms with E-state index < -0.39 is 0 Å². The Morgan fingerprint density at radius 1 is 1.11 bits per heavy atom. The van der Waals surface area contributed by atoms with Gasteiger partial charge < -0.3 is 4.90 Å². The maximum Gasteiger partial charge on any atom is 0.255 e. The van der Waals surface area contributed by atoms with Crippen molar-refractivity contribution < 1.29 is 9.18 Å². The monoisotopic (exact) mass is 361 g/mol. The summed E-state index contributed by atoms with van der Waals surface area (Å²) < 4.78 is 13.1. The molecule has 0 radical (unpaired) electrons. The first-order chi connectivity index (χ1) is 13.2. The van der Waals surface area contributed by atoms with E-state index in [-0.39, 0.29) is 17.8 Å². The van der Waals surface area contributed by atoms with Crippen molar-refractivity contribution in [1.29, 1.82) is 0 Å². The van der Waals surface area contributed by atoms with Crippen LogP contribution in [0.4, 0.5) is 4.39 Å². The van der Waals surface area contributed by atoms with Crippen LogP contribution in [0.1, 0.15) is 46.2 Å². The fourth-order valence-corrected chi connectivity index (χ4v) is 3.57. The number of carbonyl (C=O) groups excluding carboxylic acids is 1. The molecule has 3 aromatic rings. The lowest BCUT2D eigenvalue weighted by Crippen LogP contribution is -2.31. The molecule has 1 aliphatic heterocycles. The number of likely N-dealkylation sites (tertiary alicyclic amines) is 1. The maximum atomic E-state index is 13.1. The third kappa shape index (κ3) is 3.87. The lowest BCUT2D eigenvalue weighted by Gasteiger charge is -2.24. The second-order valence-corrected chi connectivity index (χ2v) is 6.76. The average Bonchev–Trinajstić information content (AvgIpc) is 3.20.